The molecule has 4 heteroatoms. The quantitative estimate of drug-likeness (QED) is 0.663. The maximum absolute atomic E-state index is 11.5. The summed E-state index contributed by atoms with van der Waals surface area (Å²) in [4.78, 5) is 0. The smallest absolute Gasteiger partial charge is 0.264 e. The van der Waals surface area contributed by atoms with Gasteiger partial charge in [0.15, 0.2) is 0 Å². The summed E-state index contributed by atoms with van der Waals surface area (Å²) in [5.41, 5.74) is 0. The highest BCUT2D eigenvalue weighted by atomic mass is 32.2. The molecule has 0 rings (SSSR count). The van der Waals surface area contributed by atoms with Crippen LogP contribution in [0.3, 0.4) is 0 Å². The Morgan fingerprint density at radius 3 is 2.44 bits per heavy atom. The largest absolute Gasteiger partial charge is 0.386 e. The average molecular weight is 156 g/mol. The first-order chi connectivity index (χ1) is 4.18. The fraction of sp³-hybridized carbons (Fsp3) is 1.00. The van der Waals surface area contributed by atoms with Gasteiger partial charge in [-0.15, -0.1) is 0 Å². The molecule has 9 heavy (non-hydrogen) atoms. The van der Waals surface area contributed by atoms with E-state index in [4.69, 9.17) is 5.11 Å². The Labute approximate surface area is 57.4 Å². The van der Waals surface area contributed by atoms with Crippen LogP contribution in [0.25, 0.3) is 0 Å². The molecule has 0 aromatic carbocycles. The molecule has 0 bridgehead atoms. The van der Waals surface area contributed by atoms with Gasteiger partial charge in [0.25, 0.3) is 6.43 Å². The van der Waals surface area contributed by atoms with Crippen LogP contribution in [0.5, 0.6) is 0 Å². The Bertz CT molecular complexity index is 70.0. The average Bonchev–Trinajstić information content (AvgIpc) is 1.82. The molecular formula is C5H10F2OS. The fourth-order valence-corrected chi connectivity index (χ4v) is 0.934. The van der Waals surface area contributed by atoms with Gasteiger partial charge in [0.2, 0.25) is 0 Å². The van der Waals surface area contributed by atoms with Crippen molar-refractivity contribution in [2.45, 2.75) is 19.5 Å². The summed E-state index contributed by atoms with van der Waals surface area (Å²) >= 11 is 1.31. The van der Waals surface area contributed by atoms with Crippen LogP contribution in [-0.2, 0) is 0 Å². The first kappa shape index (κ1) is 9.17. The van der Waals surface area contributed by atoms with E-state index in [1.165, 1.54) is 11.8 Å². The molecular weight excluding hydrogens is 146 g/mol. The summed E-state index contributed by atoms with van der Waals surface area (Å²) < 4.78 is 23.0. The van der Waals surface area contributed by atoms with Crippen LogP contribution in [0.2, 0.25) is 0 Å². The van der Waals surface area contributed by atoms with E-state index in [-0.39, 0.29) is 5.75 Å². The number of rotatable bonds is 4. The monoisotopic (exact) mass is 156 g/mol. The standard InChI is InChI=1S/C5H10F2OS/c1-2-9-3-4(8)5(6)7/h4-5,8H,2-3H2,1H3. The maximum Gasteiger partial charge on any atom is 0.264 e. The van der Waals surface area contributed by atoms with Gasteiger partial charge >= 0.3 is 0 Å². The summed E-state index contributed by atoms with van der Waals surface area (Å²) in [7, 11) is 0. The molecule has 0 saturated heterocycles. The molecule has 0 aromatic heterocycles. The zero-order chi connectivity index (χ0) is 7.28. The van der Waals surface area contributed by atoms with Crippen molar-refractivity contribution < 1.29 is 13.9 Å². The lowest BCUT2D eigenvalue weighted by molar-refractivity contribution is 0.0101. The molecule has 1 N–H and O–H groups in total. The second kappa shape index (κ2) is 4.99. The minimum absolute atomic E-state index is 0.133. The fourth-order valence-electron chi connectivity index (χ4n) is 0.311. The van der Waals surface area contributed by atoms with Gasteiger partial charge in [-0.3, -0.25) is 0 Å². The zero-order valence-electron chi connectivity index (χ0n) is 5.18. The molecule has 0 saturated carbocycles. The lowest BCUT2D eigenvalue weighted by Crippen LogP contribution is -2.19. The molecule has 1 nitrogen and oxygen atoms in total. The normalized spacial score (nSPS) is 14.3. The lowest BCUT2D eigenvalue weighted by Gasteiger charge is -2.06. The van der Waals surface area contributed by atoms with E-state index in [1.54, 1.807) is 0 Å². The third kappa shape index (κ3) is 4.66. The van der Waals surface area contributed by atoms with Crippen LogP contribution >= 0.6 is 11.8 Å². The number of hydrogen-bond acceptors (Lipinski definition) is 2. The molecule has 0 fully saturated rings. The van der Waals surface area contributed by atoms with Gasteiger partial charge in [-0.05, 0) is 5.75 Å². The Hall–Kier alpha value is 0.170. The van der Waals surface area contributed by atoms with Crippen molar-refractivity contribution >= 4 is 11.8 Å². The van der Waals surface area contributed by atoms with Crippen LogP contribution < -0.4 is 0 Å². The number of thioether (sulfide) groups is 1. The van der Waals surface area contributed by atoms with Crippen LogP contribution in [0.15, 0.2) is 0 Å². The highest BCUT2D eigenvalue weighted by Crippen LogP contribution is 2.07. The first-order valence-electron chi connectivity index (χ1n) is 2.72. The minimum atomic E-state index is -2.59. The van der Waals surface area contributed by atoms with Gasteiger partial charge in [-0.2, -0.15) is 11.8 Å². The van der Waals surface area contributed by atoms with Crippen molar-refractivity contribution in [3.05, 3.63) is 0 Å². The van der Waals surface area contributed by atoms with E-state index in [9.17, 15) is 8.78 Å². The minimum Gasteiger partial charge on any atom is -0.386 e. The molecule has 0 heterocycles. The van der Waals surface area contributed by atoms with Gasteiger partial charge < -0.3 is 5.11 Å². The van der Waals surface area contributed by atoms with Crippen LogP contribution in [0, 0.1) is 0 Å². The molecule has 1 atom stereocenters. The van der Waals surface area contributed by atoms with Gasteiger partial charge in [-0.25, -0.2) is 8.78 Å². The van der Waals surface area contributed by atoms with Crippen LogP contribution in [0.4, 0.5) is 8.78 Å². The molecule has 0 aliphatic heterocycles. The van der Waals surface area contributed by atoms with Crippen LogP contribution in [0.1, 0.15) is 6.92 Å². The van der Waals surface area contributed by atoms with E-state index < -0.39 is 12.5 Å². The van der Waals surface area contributed by atoms with Crippen molar-refractivity contribution in [3.8, 4) is 0 Å². The highest BCUT2D eigenvalue weighted by molar-refractivity contribution is 7.99. The van der Waals surface area contributed by atoms with Crippen molar-refractivity contribution in [2.24, 2.45) is 0 Å². The van der Waals surface area contributed by atoms with Crippen LogP contribution in [-0.4, -0.2) is 29.1 Å². The molecule has 0 aliphatic carbocycles. The van der Waals surface area contributed by atoms with Gasteiger partial charge in [-0.1, -0.05) is 6.92 Å². The number of halogens is 2. The van der Waals surface area contributed by atoms with Crippen molar-refractivity contribution in [3.63, 3.8) is 0 Å². The summed E-state index contributed by atoms with van der Waals surface area (Å²) in [6.07, 6.45) is -4.04. The number of aliphatic hydroxyl groups is 1. The number of hydrogen-bond donors (Lipinski definition) is 1. The molecule has 0 radical (unpaired) electrons. The topological polar surface area (TPSA) is 20.2 Å². The second-order valence-electron chi connectivity index (χ2n) is 1.56. The van der Waals surface area contributed by atoms with Crippen molar-refractivity contribution in [1.82, 2.24) is 0 Å². The Kier molecular flexibility index (Phi) is 5.09. The summed E-state index contributed by atoms with van der Waals surface area (Å²) in [6.45, 7) is 1.86. The lowest BCUT2D eigenvalue weighted by atomic mass is 10.4. The van der Waals surface area contributed by atoms with Gasteiger partial charge in [0, 0.05) is 5.75 Å². The Morgan fingerprint density at radius 2 is 2.11 bits per heavy atom. The number of alkyl halides is 2. The van der Waals surface area contributed by atoms with E-state index in [0.717, 1.165) is 5.75 Å². The van der Waals surface area contributed by atoms with E-state index >= 15 is 0 Å². The summed E-state index contributed by atoms with van der Waals surface area (Å²) in [5, 5.41) is 8.49. The Balaban J connectivity index is 3.16. The third-order valence-corrected chi connectivity index (χ3v) is 1.77. The van der Waals surface area contributed by atoms with E-state index in [0.29, 0.717) is 0 Å². The highest BCUT2D eigenvalue weighted by Gasteiger charge is 2.15. The van der Waals surface area contributed by atoms with Crippen molar-refractivity contribution in [1.29, 1.82) is 0 Å². The van der Waals surface area contributed by atoms with Crippen molar-refractivity contribution in [2.75, 3.05) is 11.5 Å². The summed E-state index contributed by atoms with van der Waals surface area (Å²) in [6, 6.07) is 0. The first-order valence-corrected chi connectivity index (χ1v) is 3.88. The molecule has 56 valence electrons. The van der Waals surface area contributed by atoms with E-state index in [2.05, 4.69) is 0 Å². The molecule has 0 amide bonds. The molecule has 0 aliphatic rings. The third-order valence-electron chi connectivity index (χ3n) is 0.784. The second-order valence-corrected chi connectivity index (χ2v) is 2.88. The molecule has 1 unspecified atom stereocenters. The van der Waals surface area contributed by atoms with Gasteiger partial charge in [0.05, 0.1) is 0 Å². The Morgan fingerprint density at radius 1 is 1.56 bits per heavy atom. The zero-order valence-corrected chi connectivity index (χ0v) is 6.00. The van der Waals surface area contributed by atoms with E-state index in [1.807, 2.05) is 6.92 Å². The predicted octanol–water partition coefficient (Wildman–Crippen LogP) is 1.37. The summed E-state index contributed by atoms with van der Waals surface area (Å²) in [5.74, 6) is 0.901. The SMILES string of the molecule is CCSCC(O)C(F)F. The van der Waals surface area contributed by atoms with Gasteiger partial charge in [0.1, 0.15) is 6.10 Å². The predicted molar refractivity (Wildman–Crippen MR) is 35.0 cm³/mol. The number of aliphatic hydroxyl groups excluding tert-OH is 1. The maximum atomic E-state index is 11.5. The molecule has 0 aromatic rings. The molecule has 0 spiro atoms.